The van der Waals surface area contributed by atoms with Crippen LogP contribution in [0.1, 0.15) is 41.0 Å². The van der Waals surface area contributed by atoms with E-state index in [0.717, 1.165) is 5.92 Å². The third-order valence-electron chi connectivity index (χ3n) is 2.49. The van der Waals surface area contributed by atoms with Crippen molar-refractivity contribution in [3.05, 3.63) is 0 Å². The molecule has 1 rings (SSSR count). The van der Waals surface area contributed by atoms with Gasteiger partial charge in [0.1, 0.15) is 6.10 Å². The maximum Gasteiger partial charge on any atom is 0.157 e. The predicted octanol–water partition coefficient (Wildman–Crippen LogP) is 1.54. The fourth-order valence-electron chi connectivity index (χ4n) is 1.54. The van der Waals surface area contributed by atoms with Crippen LogP contribution in [-0.4, -0.2) is 41.4 Å². The maximum absolute atomic E-state index is 9.65. The number of ether oxygens (including phenoxy) is 2. The molecule has 0 radical (unpaired) electrons. The third kappa shape index (κ3) is 4.78. The van der Waals surface area contributed by atoms with Crippen molar-refractivity contribution in [2.24, 2.45) is 5.92 Å². The van der Waals surface area contributed by atoms with Gasteiger partial charge in [0.05, 0.1) is 11.7 Å². The Hall–Kier alpha value is -0.160. The molecule has 2 unspecified atom stereocenters. The molecule has 0 aromatic heterocycles. The third-order valence-corrected chi connectivity index (χ3v) is 2.49. The topological polar surface area (TPSA) is 58.9 Å². The molecule has 0 spiro atoms. The van der Waals surface area contributed by atoms with Gasteiger partial charge in [-0.1, -0.05) is 20.8 Å². The highest BCUT2D eigenvalue weighted by atomic mass is 16.6. The lowest BCUT2D eigenvalue weighted by Gasteiger charge is -2.42. The van der Waals surface area contributed by atoms with Crippen LogP contribution < -0.4 is 0 Å². The summed E-state index contributed by atoms with van der Waals surface area (Å²) < 4.78 is 10.2. The van der Waals surface area contributed by atoms with Crippen molar-refractivity contribution in [2.45, 2.75) is 65.1 Å². The molecule has 16 heavy (non-hydrogen) atoms. The predicted molar refractivity (Wildman–Crippen MR) is 63.1 cm³/mol. The average molecular weight is 234 g/mol. The van der Waals surface area contributed by atoms with E-state index in [1.165, 1.54) is 7.11 Å². The van der Waals surface area contributed by atoms with Crippen molar-refractivity contribution >= 4 is 0 Å². The zero-order chi connectivity index (χ0) is 12.9. The fourth-order valence-corrected chi connectivity index (χ4v) is 1.54. The van der Waals surface area contributed by atoms with E-state index in [0.29, 0.717) is 6.42 Å². The van der Waals surface area contributed by atoms with E-state index in [1.807, 2.05) is 0 Å². The monoisotopic (exact) mass is 234 g/mol. The summed E-state index contributed by atoms with van der Waals surface area (Å²) in [5.41, 5.74) is -0.697. The largest absolute Gasteiger partial charge is 0.387 e. The van der Waals surface area contributed by atoms with Crippen LogP contribution in [0.15, 0.2) is 0 Å². The normalized spacial score (nSPS) is 39.2. The van der Waals surface area contributed by atoms with Gasteiger partial charge in [0.2, 0.25) is 0 Å². The summed E-state index contributed by atoms with van der Waals surface area (Å²) in [6.07, 6.45) is -1.62. The van der Waals surface area contributed by atoms with Gasteiger partial charge in [0, 0.05) is 13.5 Å². The first-order valence-corrected chi connectivity index (χ1v) is 5.79. The molecule has 2 N–H and O–H groups in total. The molecule has 4 atom stereocenters. The summed E-state index contributed by atoms with van der Waals surface area (Å²) >= 11 is 0. The molecular formula is C12H26O4. The van der Waals surface area contributed by atoms with Crippen LogP contribution in [0.25, 0.3) is 0 Å². The minimum atomic E-state index is -0.839. The zero-order valence-corrected chi connectivity index (χ0v) is 11.2. The standard InChI is InChI=1S/C8H16O4.C4H10/c1-5-7(10)8(2,11-3)4-6(9)12-5;1-4(2)3/h5-7,9-10H,4H2,1-3H3;4H,1-3H3/t5?,6-,7+,8?;/m1./s1. The summed E-state index contributed by atoms with van der Waals surface area (Å²) in [4.78, 5) is 0. The summed E-state index contributed by atoms with van der Waals surface area (Å²) in [5.74, 6) is 0.833. The Morgan fingerprint density at radius 2 is 1.75 bits per heavy atom. The number of aliphatic hydroxyl groups is 2. The van der Waals surface area contributed by atoms with Crippen LogP contribution in [0, 0.1) is 5.92 Å². The quantitative estimate of drug-likeness (QED) is 0.722. The van der Waals surface area contributed by atoms with Crippen molar-refractivity contribution < 1.29 is 19.7 Å². The maximum atomic E-state index is 9.65. The van der Waals surface area contributed by atoms with E-state index in [1.54, 1.807) is 13.8 Å². The summed E-state index contributed by atoms with van der Waals surface area (Å²) in [6, 6.07) is 0. The highest BCUT2D eigenvalue weighted by Gasteiger charge is 2.44. The van der Waals surface area contributed by atoms with Crippen molar-refractivity contribution in [2.75, 3.05) is 7.11 Å². The molecule has 0 amide bonds. The van der Waals surface area contributed by atoms with Crippen LogP contribution in [0.3, 0.4) is 0 Å². The van der Waals surface area contributed by atoms with Gasteiger partial charge in [-0.25, -0.2) is 0 Å². The number of rotatable bonds is 1. The van der Waals surface area contributed by atoms with Crippen LogP contribution in [0.5, 0.6) is 0 Å². The molecule has 98 valence electrons. The van der Waals surface area contributed by atoms with E-state index in [9.17, 15) is 10.2 Å². The van der Waals surface area contributed by atoms with E-state index in [2.05, 4.69) is 20.8 Å². The van der Waals surface area contributed by atoms with E-state index in [-0.39, 0.29) is 0 Å². The first kappa shape index (κ1) is 15.8. The van der Waals surface area contributed by atoms with Crippen molar-refractivity contribution in [3.8, 4) is 0 Å². The first-order valence-electron chi connectivity index (χ1n) is 5.79. The summed E-state index contributed by atoms with van der Waals surface area (Å²) in [5, 5.41) is 18.9. The molecule has 1 aliphatic heterocycles. The first-order chi connectivity index (χ1) is 7.23. The van der Waals surface area contributed by atoms with Crippen LogP contribution in [0.2, 0.25) is 0 Å². The second-order valence-corrected chi connectivity index (χ2v) is 5.19. The molecular weight excluding hydrogens is 208 g/mol. The fraction of sp³-hybridized carbons (Fsp3) is 1.00. The van der Waals surface area contributed by atoms with Gasteiger partial charge in [-0.3, -0.25) is 0 Å². The molecule has 1 heterocycles. The smallest absolute Gasteiger partial charge is 0.157 e. The lowest BCUT2D eigenvalue weighted by molar-refractivity contribution is -0.263. The Kier molecular flexibility index (Phi) is 6.48. The Labute approximate surface area is 98.6 Å². The Bertz CT molecular complexity index is 193. The highest BCUT2D eigenvalue weighted by molar-refractivity contribution is 4.91. The van der Waals surface area contributed by atoms with E-state index in [4.69, 9.17) is 9.47 Å². The molecule has 0 aromatic carbocycles. The number of aliphatic hydroxyl groups excluding tert-OH is 2. The van der Waals surface area contributed by atoms with Gasteiger partial charge < -0.3 is 19.7 Å². The van der Waals surface area contributed by atoms with Crippen molar-refractivity contribution in [1.29, 1.82) is 0 Å². The molecule has 4 heteroatoms. The van der Waals surface area contributed by atoms with Crippen molar-refractivity contribution in [1.82, 2.24) is 0 Å². The Morgan fingerprint density at radius 3 is 2.12 bits per heavy atom. The van der Waals surface area contributed by atoms with Gasteiger partial charge in [-0.15, -0.1) is 0 Å². The second kappa shape index (κ2) is 6.55. The van der Waals surface area contributed by atoms with Gasteiger partial charge >= 0.3 is 0 Å². The molecule has 1 aliphatic rings. The Balaban J connectivity index is 0.000000487. The van der Waals surface area contributed by atoms with Gasteiger partial charge in [0.25, 0.3) is 0 Å². The summed E-state index contributed by atoms with van der Waals surface area (Å²) in [6.45, 7) is 9.98. The molecule has 1 saturated heterocycles. The van der Waals surface area contributed by atoms with Crippen LogP contribution in [-0.2, 0) is 9.47 Å². The lowest BCUT2D eigenvalue weighted by atomic mass is 9.89. The van der Waals surface area contributed by atoms with Crippen molar-refractivity contribution in [3.63, 3.8) is 0 Å². The van der Waals surface area contributed by atoms with Crippen LogP contribution in [0.4, 0.5) is 0 Å². The van der Waals surface area contributed by atoms with Gasteiger partial charge in [-0.05, 0) is 19.8 Å². The summed E-state index contributed by atoms with van der Waals surface area (Å²) in [7, 11) is 1.52. The highest BCUT2D eigenvalue weighted by Crippen LogP contribution is 2.30. The molecule has 0 aliphatic carbocycles. The minimum absolute atomic E-state index is 0.301. The Morgan fingerprint density at radius 1 is 1.31 bits per heavy atom. The minimum Gasteiger partial charge on any atom is -0.387 e. The van der Waals surface area contributed by atoms with Gasteiger partial charge in [-0.2, -0.15) is 0 Å². The average Bonchev–Trinajstić information content (AvgIpc) is 2.13. The molecule has 0 aromatic rings. The number of methoxy groups -OCH3 is 1. The molecule has 0 bridgehead atoms. The number of hydrogen-bond donors (Lipinski definition) is 2. The van der Waals surface area contributed by atoms with Gasteiger partial charge in [0.15, 0.2) is 6.29 Å². The zero-order valence-electron chi connectivity index (χ0n) is 11.2. The molecule has 4 nitrogen and oxygen atoms in total. The SMILES string of the molecule is CC(C)C.COC1(C)C[C@H](O)OC(C)[C@@H]1O. The van der Waals surface area contributed by atoms with E-state index < -0.39 is 24.1 Å². The van der Waals surface area contributed by atoms with Crippen LogP contribution >= 0.6 is 0 Å². The molecule has 1 fully saturated rings. The second-order valence-electron chi connectivity index (χ2n) is 5.19. The van der Waals surface area contributed by atoms with E-state index >= 15 is 0 Å². The molecule has 0 saturated carbocycles. The number of hydrogen-bond acceptors (Lipinski definition) is 4. The lowest BCUT2D eigenvalue weighted by Crippen LogP contribution is -2.55.